The molecule has 0 radical (unpaired) electrons. The Morgan fingerprint density at radius 3 is 2.50 bits per heavy atom. The molecule has 0 saturated heterocycles. The van der Waals surface area contributed by atoms with Crippen LogP contribution in [0.1, 0.15) is 45.4 Å². The van der Waals surface area contributed by atoms with Crippen LogP contribution in [0, 0.1) is 5.92 Å². The van der Waals surface area contributed by atoms with E-state index in [2.05, 4.69) is 6.92 Å². The molecule has 2 N–H and O–H groups in total. The molecule has 0 spiro atoms. The molecule has 0 unspecified atom stereocenters. The topological polar surface area (TPSA) is 26.0 Å². The third-order valence-electron chi connectivity index (χ3n) is 2.63. The van der Waals surface area contributed by atoms with Crippen LogP contribution in [0.3, 0.4) is 0 Å². The van der Waals surface area contributed by atoms with E-state index in [1.807, 2.05) is 0 Å². The van der Waals surface area contributed by atoms with E-state index in [1.54, 1.807) is 0 Å². The molecule has 1 aliphatic rings. The Labute approximate surface area is 64.0 Å². The van der Waals surface area contributed by atoms with Gasteiger partial charge in [0.05, 0.1) is 0 Å². The highest BCUT2D eigenvalue weighted by atomic mass is 14.6. The number of nitrogens with two attached hydrogens (primary N) is 1. The standard InChI is InChI=1S/C9H19N/c1-2-5-9(10)8-6-3-4-7-8/h8-9H,2-7,10H2,1H3/t9-/m0/s1. The Bertz CT molecular complexity index is 84.7. The molecule has 0 amide bonds. The van der Waals surface area contributed by atoms with Crippen LogP contribution in [-0.2, 0) is 0 Å². The molecular formula is C9H19N. The van der Waals surface area contributed by atoms with E-state index in [0.717, 1.165) is 5.92 Å². The Balaban J connectivity index is 2.18. The lowest BCUT2D eigenvalue weighted by molar-refractivity contribution is 0.407. The molecular weight excluding hydrogens is 122 g/mol. The van der Waals surface area contributed by atoms with Gasteiger partial charge >= 0.3 is 0 Å². The summed E-state index contributed by atoms with van der Waals surface area (Å²) in [7, 11) is 0. The summed E-state index contributed by atoms with van der Waals surface area (Å²) in [4.78, 5) is 0. The summed E-state index contributed by atoms with van der Waals surface area (Å²) >= 11 is 0. The minimum atomic E-state index is 0.507. The Morgan fingerprint density at radius 1 is 1.40 bits per heavy atom. The molecule has 0 aromatic rings. The lowest BCUT2D eigenvalue weighted by Crippen LogP contribution is -2.27. The Hall–Kier alpha value is -0.0400. The molecule has 1 aliphatic carbocycles. The molecule has 1 heteroatoms. The van der Waals surface area contributed by atoms with Crippen LogP contribution >= 0.6 is 0 Å². The van der Waals surface area contributed by atoms with Gasteiger partial charge in [0.2, 0.25) is 0 Å². The van der Waals surface area contributed by atoms with Crippen LogP contribution in [0.4, 0.5) is 0 Å². The third kappa shape index (κ3) is 1.98. The molecule has 60 valence electrons. The van der Waals surface area contributed by atoms with E-state index < -0.39 is 0 Å². The highest BCUT2D eigenvalue weighted by Gasteiger charge is 2.20. The molecule has 0 aliphatic heterocycles. The van der Waals surface area contributed by atoms with Gasteiger partial charge < -0.3 is 5.73 Å². The molecule has 1 rings (SSSR count). The maximum absolute atomic E-state index is 5.99. The van der Waals surface area contributed by atoms with E-state index >= 15 is 0 Å². The summed E-state index contributed by atoms with van der Waals surface area (Å²) < 4.78 is 0. The van der Waals surface area contributed by atoms with Gasteiger partial charge in [-0.3, -0.25) is 0 Å². The molecule has 1 fully saturated rings. The van der Waals surface area contributed by atoms with Crippen LogP contribution in [-0.4, -0.2) is 6.04 Å². The van der Waals surface area contributed by atoms with E-state index in [-0.39, 0.29) is 0 Å². The minimum Gasteiger partial charge on any atom is -0.327 e. The second-order valence-electron chi connectivity index (χ2n) is 3.50. The maximum Gasteiger partial charge on any atom is 0.00670 e. The summed E-state index contributed by atoms with van der Waals surface area (Å²) in [5.74, 6) is 0.861. The molecule has 1 atom stereocenters. The number of hydrogen-bond acceptors (Lipinski definition) is 1. The first-order valence-electron chi connectivity index (χ1n) is 4.60. The summed E-state index contributed by atoms with van der Waals surface area (Å²) in [5, 5.41) is 0. The average Bonchev–Trinajstić information content (AvgIpc) is 2.38. The molecule has 1 saturated carbocycles. The minimum absolute atomic E-state index is 0.507. The van der Waals surface area contributed by atoms with Gasteiger partial charge in [0.25, 0.3) is 0 Å². The van der Waals surface area contributed by atoms with Crippen molar-refractivity contribution in [3.8, 4) is 0 Å². The predicted molar refractivity (Wildman–Crippen MR) is 44.8 cm³/mol. The van der Waals surface area contributed by atoms with Gasteiger partial charge in [-0.25, -0.2) is 0 Å². The van der Waals surface area contributed by atoms with Crippen LogP contribution in [0.25, 0.3) is 0 Å². The summed E-state index contributed by atoms with van der Waals surface area (Å²) in [6.07, 6.45) is 8.09. The van der Waals surface area contributed by atoms with Crippen molar-refractivity contribution in [1.29, 1.82) is 0 Å². The molecule has 0 aromatic heterocycles. The zero-order chi connectivity index (χ0) is 7.40. The van der Waals surface area contributed by atoms with Crippen LogP contribution in [0.2, 0.25) is 0 Å². The lowest BCUT2D eigenvalue weighted by Gasteiger charge is -2.17. The molecule has 1 nitrogen and oxygen atoms in total. The first-order valence-corrected chi connectivity index (χ1v) is 4.60. The fourth-order valence-corrected chi connectivity index (χ4v) is 1.95. The second kappa shape index (κ2) is 3.97. The summed E-state index contributed by atoms with van der Waals surface area (Å²) in [6.45, 7) is 2.22. The summed E-state index contributed by atoms with van der Waals surface area (Å²) in [5.41, 5.74) is 5.99. The van der Waals surface area contributed by atoms with Crippen LogP contribution in [0.5, 0.6) is 0 Å². The monoisotopic (exact) mass is 141 g/mol. The fraction of sp³-hybridized carbons (Fsp3) is 1.00. The quantitative estimate of drug-likeness (QED) is 0.641. The second-order valence-corrected chi connectivity index (χ2v) is 3.50. The highest BCUT2D eigenvalue weighted by Crippen LogP contribution is 2.28. The molecule has 0 aromatic carbocycles. The predicted octanol–water partition coefficient (Wildman–Crippen LogP) is 2.30. The van der Waals surface area contributed by atoms with Crippen LogP contribution < -0.4 is 5.73 Å². The van der Waals surface area contributed by atoms with Crippen molar-refractivity contribution in [1.82, 2.24) is 0 Å². The number of hydrogen-bond donors (Lipinski definition) is 1. The van der Waals surface area contributed by atoms with Crippen molar-refractivity contribution in [3.63, 3.8) is 0 Å². The Morgan fingerprint density at radius 2 is 2.00 bits per heavy atom. The third-order valence-corrected chi connectivity index (χ3v) is 2.63. The zero-order valence-corrected chi connectivity index (χ0v) is 6.97. The van der Waals surface area contributed by atoms with E-state index in [1.165, 1.54) is 38.5 Å². The molecule has 10 heavy (non-hydrogen) atoms. The van der Waals surface area contributed by atoms with Gasteiger partial charge in [-0.2, -0.15) is 0 Å². The van der Waals surface area contributed by atoms with Gasteiger partial charge in [-0.05, 0) is 25.2 Å². The smallest absolute Gasteiger partial charge is 0.00670 e. The largest absolute Gasteiger partial charge is 0.327 e. The first kappa shape index (κ1) is 8.06. The fourth-order valence-electron chi connectivity index (χ4n) is 1.95. The normalized spacial score (nSPS) is 23.4. The van der Waals surface area contributed by atoms with Gasteiger partial charge in [0, 0.05) is 6.04 Å². The van der Waals surface area contributed by atoms with Crippen molar-refractivity contribution in [2.75, 3.05) is 0 Å². The van der Waals surface area contributed by atoms with Gasteiger partial charge in [0.1, 0.15) is 0 Å². The van der Waals surface area contributed by atoms with E-state index in [0.29, 0.717) is 6.04 Å². The Kier molecular flexibility index (Phi) is 3.20. The SMILES string of the molecule is CCC[C@H](N)C1CCCC1. The van der Waals surface area contributed by atoms with Gasteiger partial charge in [-0.15, -0.1) is 0 Å². The first-order chi connectivity index (χ1) is 4.84. The van der Waals surface area contributed by atoms with Crippen LogP contribution in [0.15, 0.2) is 0 Å². The average molecular weight is 141 g/mol. The van der Waals surface area contributed by atoms with Crippen molar-refractivity contribution in [3.05, 3.63) is 0 Å². The number of rotatable bonds is 3. The lowest BCUT2D eigenvalue weighted by atomic mass is 9.95. The highest BCUT2D eigenvalue weighted by molar-refractivity contribution is 4.77. The molecule has 0 heterocycles. The van der Waals surface area contributed by atoms with Crippen molar-refractivity contribution >= 4 is 0 Å². The van der Waals surface area contributed by atoms with Gasteiger partial charge in [0.15, 0.2) is 0 Å². The van der Waals surface area contributed by atoms with E-state index in [4.69, 9.17) is 5.73 Å². The van der Waals surface area contributed by atoms with Crippen molar-refractivity contribution < 1.29 is 0 Å². The zero-order valence-electron chi connectivity index (χ0n) is 6.97. The van der Waals surface area contributed by atoms with E-state index in [9.17, 15) is 0 Å². The van der Waals surface area contributed by atoms with Crippen molar-refractivity contribution in [2.45, 2.75) is 51.5 Å². The molecule has 0 bridgehead atoms. The van der Waals surface area contributed by atoms with Gasteiger partial charge in [-0.1, -0.05) is 26.2 Å². The maximum atomic E-state index is 5.99. The summed E-state index contributed by atoms with van der Waals surface area (Å²) in [6, 6.07) is 0.507. The van der Waals surface area contributed by atoms with Crippen molar-refractivity contribution in [2.24, 2.45) is 11.7 Å².